The third-order valence-corrected chi connectivity index (χ3v) is 6.74. The van der Waals surface area contributed by atoms with Crippen molar-refractivity contribution in [2.45, 2.75) is 37.3 Å². The van der Waals surface area contributed by atoms with Gasteiger partial charge in [-0.05, 0) is 42.7 Å². The first-order chi connectivity index (χ1) is 18.2. The van der Waals surface area contributed by atoms with Crippen LogP contribution in [0, 0.1) is 0 Å². The average molecular weight is 555 g/mol. The fraction of sp³-hybridized carbons (Fsp3) is 0.346. The van der Waals surface area contributed by atoms with Crippen molar-refractivity contribution in [2.75, 3.05) is 18.9 Å². The number of nitrogens with zero attached hydrogens (tertiary/aromatic N) is 3. The number of aliphatic hydroxyl groups is 1. The van der Waals surface area contributed by atoms with Crippen LogP contribution in [0.25, 0.3) is 16.8 Å². The number of aromatic nitrogens is 2. The molecule has 1 atom stereocenters. The van der Waals surface area contributed by atoms with Crippen LogP contribution in [0.1, 0.15) is 36.1 Å². The molecule has 0 radical (unpaired) electrons. The van der Waals surface area contributed by atoms with Crippen molar-refractivity contribution in [1.82, 2.24) is 20.2 Å². The molecule has 0 saturated carbocycles. The number of nitrogens with two attached hydrogens (primary N) is 1. The molecule has 2 aromatic carbocycles. The smallest absolute Gasteiger partial charge is 0.401 e. The van der Waals surface area contributed by atoms with Crippen LogP contribution < -0.4 is 16.5 Å². The van der Waals surface area contributed by atoms with Crippen LogP contribution in [0.4, 0.5) is 32.0 Å². The summed E-state index contributed by atoms with van der Waals surface area (Å²) in [6.45, 7) is 2.27. The van der Waals surface area contributed by atoms with Crippen LogP contribution >= 0.6 is 0 Å². The van der Waals surface area contributed by atoms with Crippen LogP contribution in [0.5, 0.6) is 0 Å². The molecule has 3 aromatic rings. The summed E-state index contributed by atoms with van der Waals surface area (Å²) in [6.07, 6.45) is -7.83. The van der Waals surface area contributed by atoms with Gasteiger partial charge in [-0.2, -0.15) is 31.4 Å². The Bertz CT molecular complexity index is 1340. The first-order valence-electron chi connectivity index (χ1n) is 11.9. The predicted molar refractivity (Wildman–Crippen MR) is 135 cm³/mol. The Balaban J connectivity index is 1.76. The van der Waals surface area contributed by atoms with Crippen LogP contribution in [0.3, 0.4) is 0 Å². The molecule has 0 amide bonds. The molecule has 1 aromatic heterocycles. The van der Waals surface area contributed by atoms with Crippen LogP contribution in [-0.4, -0.2) is 45.8 Å². The molecule has 0 bridgehead atoms. The number of benzene rings is 2. The van der Waals surface area contributed by atoms with Crippen molar-refractivity contribution in [3.8, 4) is 11.1 Å². The number of alkyl halides is 6. The summed E-state index contributed by atoms with van der Waals surface area (Å²) in [5.41, 5.74) is 8.04. The highest BCUT2D eigenvalue weighted by Crippen LogP contribution is 2.50. The number of hydrogen-bond donors (Lipinski definition) is 4. The molecule has 0 spiro atoms. The summed E-state index contributed by atoms with van der Waals surface area (Å²) in [4.78, 5) is 0. The number of aryl methyl sites for hydroxylation is 1. The van der Waals surface area contributed by atoms with Gasteiger partial charge in [0.15, 0.2) is 0 Å². The maximum Gasteiger partial charge on any atom is 0.430 e. The molecule has 4 rings (SSSR count). The summed E-state index contributed by atoms with van der Waals surface area (Å²) in [5.74, 6) is 0. The zero-order valence-electron chi connectivity index (χ0n) is 21.3. The van der Waals surface area contributed by atoms with E-state index in [1.165, 1.54) is 0 Å². The van der Waals surface area contributed by atoms with E-state index >= 15 is 0 Å². The van der Waals surface area contributed by atoms with E-state index in [0.29, 0.717) is 30.8 Å². The Kier molecular flexibility index (Phi) is 7.34. The molecule has 0 fully saturated rings. The van der Waals surface area contributed by atoms with Gasteiger partial charge in [-0.15, -0.1) is 0 Å². The molecule has 1 unspecified atom stereocenters. The molecular weight excluding hydrogens is 526 g/mol. The molecule has 5 N–H and O–H groups in total. The predicted octanol–water partition coefficient (Wildman–Crippen LogP) is 5.04. The van der Waals surface area contributed by atoms with Crippen LogP contribution in [0.2, 0.25) is 0 Å². The zero-order chi connectivity index (χ0) is 28.8. The van der Waals surface area contributed by atoms with E-state index < -0.39 is 23.5 Å². The SMILES string of the molecule is CNN1CCC(Nc2ccc(C(O)(C(F)(F)F)C(F)(F)F)cc2)c2cc(-c3cnn(C)c3)ccc2/C1=C(\C)N. The third-order valence-electron chi connectivity index (χ3n) is 6.74. The number of anilines is 1. The van der Waals surface area contributed by atoms with Gasteiger partial charge < -0.3 is 21.2 Å². The number of fused-ring (bicyclic) bond motifs is 1. The zero-order valence-corrected chi connectivity index (χ0v) is 21.3. The van der Waals surface area contributed by atoms with Gasteiger partial charge in [0.2, 0.25) is 0 Å². The third kappa shape index (κ3) is 5.15. The van der Waals surface area contributed by atoms with E-state index in [4.69, 9.17) is 5.73 Å². The number of allylic oxidation sites excluding steroid dienone is 1. The average Bonchev–Trinajstić information content (AvgIpc) is 3.23. The molecule has 39 heavy (non-hydrogen) atoms. The van der Waals surface area contributed by atoms with Gasteiger partial charge in [-0.1, -0.05) is 24.3 Å². The number of hydrogen-bond acceptors (Lipinski definition) is 6. The highest BCUT2D eigenvalue weighted by Gasteiger charge is 2.71. The first kappa shape index (κ1) is 28.3. The quantitative estimate of drug-likeness (QED) is 0.331. The molecule has 0 saturated heterocycles. The highest BCUT2D eigenvalue weighted by atomic mass is 19.4. The number of hydrazine groups is 1. The Morgan fingerprint density at radius 3 is 2.18 bits per heavy atom. The molecule has 210 valence electrons. The summed E-state index contributed by atoms with van der Waals surface area (Å²) in [5, 5.41) is 19.0. The molecule has 7 nitrogen and oxygen atoms in total. The monoisotopic (exact) mass is 554 g/mol. The van der Waals surface area contributed by atoms with Gasteiger partial charge >= 0.3 is 12.4 Å². The maximum absolute atomic E-state index is 13.3. The van der Waals surface area contributed by atoms with Crippen LogP contribution in [-0.2, 0) is 12.6 Å². The Labute approximate surface area is 220 Å². The molecule has 1 aliphatic rings. The standard InChI is InChI=1S/C26H28F6N6O/c1-15(33)23-20-9-4-16(17-13-35-37(3)14-17)12-21(20)22(10-11-38(23)34-2)36-19-7-5-18(6-8-19)24(39,25(27,28)29)26(30,31)32/h4-9,12-14,22,34,36,39H,10-11,33H2,1-3H3/b23-15-. The number of rotatable bonds is 5. The second-order valence-electron chi connectivity index (χ2n) is 9.38. The van der Waals surface area contributed by atoms with E-state index in [0.717, 1.165) is 40.1 Å². The molecule has 1 aliphatic heterocycles. The van der Waals surface area contributed by atoms with Crippen molar-refractivity contribution in [3.05, 3.63) is 77.2 Å². The van der Waals surface area contributed by atoms with Crippen molar-refractivity contribution in [1.29, 1.82) is 0 Å². The van der Waals surface area contributed by atoms with E-state index in [-0.39, 0.29) is 11.7 Å². The summed E-state index contributed by atoms with van der Waals surface area (Å²) in [7, 11) is 3.55. The summed E-state index contributed by atoms with van der Waals surface area (Å²) in [6, 6.07) is 8.86. The lowest BCUT2D eigenvalue weighted by Gasteiger charge is -2.32. The van der Waals surface area contributed by atoms with Crippen molar-refractivity contribution >= 4 is 11.4 Å². The molecule has 0 aliphatic carbocycles. The Morgan fingerprint density at radius 2 is 1.67 bits per heavy atom. The van der Waals surface area contributed by atoms with E-state index in [2.05, 4.69) is 15.8 Å². The van der Waals surface area contributed by atoms with Gasteiger partial charge in [0.1, 0.15) is 0 Å². The van der Waals surface area contributed by atoms with Gasteiger partial charge in [0.25, 0.3) is 5.60 Å². The van der Waals surface area contributed by atoms with Crippen LogP contribution in [0.15, 0.2) is 60.6 Å². The maximum atomic E-state index is 13.3. The van der Waals surface area contributed by atoms with E-state index in [1.807, 2.05) is 29.4 Å². The summed E-state index contributed by atoms with van der Waals surface area (Å²) < 4.78 is 81.5. The normalized spacial score (nSPS) is 18.0. The lowest BCUT2D eigenvalue weighted by Crippen LogP contribution is -2.53. The van der Waals surface area contributed by atoms with Crippen molar-refractivity contribution in [2.24, 2.45) is 12.8 Å². The van der Waals surface area contributed by atoms with Crippen molar-refractivity contribution in [3.63, 3.8) is 0 Å². The van der Waals surface area contributed by atoms with E-state index in [9.17, 15) is 31.4 Å². The molecular formula is C26H28F6N6O. The lowest BCUT2D eigenvalue weighted by molar-refractivity contribution is -0.376. The summed E-state index contributed by atoms with van der Waals surface area (Å²) >= 11 is 0. The Morgan fingerprint density at radius 1 is 1.03 bits per heavy atom. The van der Waals surface area contributed by atoms with Gasteiger partial charge in [-0.3, -0.25) is 4.68 Å². The van der Waals surface area contributed by atoms with E-state index in [1.54, 1.807) is 31.9 Å². The largest absolute Gasteiger partial charge is 0.430 e. The highest BCUT2D eigenvalue weighted by molar-refractivity contribution is 5.75. The fourth-order valence-corrected chi connectivity index (χ4v) is 4.78. The number of nitrogens with one attached hydrogen (secondary N) is 2. The Hall–Kier alpha value is -3.71. The second kappa shape index (κ2) is 10.1. The first-order valence-corrected chi connectivity index (χ1v) is 11.9. The fourth-order valence-electron chi connectivity index (χ4n) is 4.78. The van der Waals surface area contributed by atoms with Gasteiger partial charge in [-0.25, -0.2) is 5.43 Å². The van der Waals surface area contributed by atoms with Gasteiger partial charge in [0, 0.05) is 54.9 Å². The number of halogens is 6. The van der Waals surface area contributed by atoms with Gasteiger partial charge in [0.05, 0.1) is 17.9 Å². The molecule has 13 heteroatoms. The topological polar surface area (TPSA) is 91.4 Å². The second-order valence-corrected chi connectivity index (χ2v) is 9.38. The lowest BCUT2D eigenvalue weighted by atomic mass is 9.91. The minimum Gasteiger partial charge on any atom is -0.401 e. The van der Waals surface area contributed by atoms with Crippen molar-refractivity contribution < 1.29 is 31.4 Å². The molecule has 2 heterocycles. The minimum absolute atomic E-state index is 0.279. The minimum atomic E-state index is -5.96.